The molecule has 0 aliphatic carbocycles. The van der Waals surface area contributed by atoms with Gasteiger partial charge in [-0.2, -0.15) is 15.0 Å². The molecule has 0 saturated carbocycles. The third-order valence-electron chi connectivity index (χ3n) is 6.76. The van der Waals surface area contributed by atoms with Crippen molar-refractivity contribution < 1.29 is 14.6 Å². The van der Waals surface area contributed by atoms with E-state index in [4.69, 9.17) is 10.00 Å². The highest BCUT2D eigenvalue weighted by Crippen LogP contribution is 2.33. The monoisotopic (exact) mass is 488 g/mol. The van der Waals surface area contributed by atoms with Gasteiger partial charge in [0.25, 0.3) is 5.91 Å². The summed E-state index contributed by atoms with van der Waals surface area (Å²) in [7, 11) is 3.76. The van der Waals surface area contributed by atoms with Crippen LogP contribution < -0.4 is 0 Å². The van der Waals surface area contributed by atoms with Gasteiger partial charge < -0.3 is 19.6 Å². The number of benzene rings is 1. The minimum Gasteiger partial charge on any atom is -0.493 e. The normalized spacial score (nSPS) is 16.3. The number of ether oxygens (including phenoxy) is 1. The predicted molar refractivity (Wildman–Crippen MR) is 136 cm³/mol. The summed E-state index contributed by atoms with van der Waals surface area (Å²) < 4.78 is 6.61. The molecule has 1 atom stereocenters. The van der Waals surface area contributed by atoms with Gasteiger partial charge in [-0.15, -0.1) is 0 Å². The minimum absolute atomic E-state index is 0.0568. The van der Waals surface area contributed by atoms with Crippen LogP contribution in [0.3, 0.4) is 0 Å². The predicted octanol–water partition coefficient (Wildman–Crippen LogP) is 3.39. The third-order valence-corrected chi connectivity index (χ3v) is 6.76. The van der Waals surface area contributed by atoms with Crippen molar-refractivity contribution in [3.8, 4) is 28.9 Å². The average molecular weight is 489 g/mol. The lowest BCUT2D eigenvalue weighted by molar-refractivity contribution is 0.0581. The summed E-state index contributed by atoms with van der Waals surface area (Å²) >= 11 is 0. The second-order valence-corrected chi connectivity index (χ2v) is 9.22. The molecule has 36 heavy (non-hydrogen) atoms. The Morgan fingerprint density at radius 1 is 1.22 bits per heavy atom. The summed E-state index contributed by atoms with van der Waals surface area (Å²) in [5.74, 6) is 0.277. The second-order valence-electron chi connectivity index (χ2n) is 9.22. The van der Waals surface area contributed by atoms with Crippen LogP contribution in [0.5, 0.6) is 5.88 Å². The van der Waals surface area contributed by atoms with Crippen LogP contribution >= 0.6 is 0 Å². The molecule has 9 nitrogen and oxygen atoms in total. The maximum Gasteiger partial charge on any atom is 0.255 e. The summed E-state index contributed by atoms with van der Waals surface area (Å²) in [4.78, 5) is 22.1. The third kappa shape index (κ3) is 5.40. The van der Waals surface area contributed by atoms with Gasteiger partial charge in [-0.1, -0.05) is 6.07 Å². The van der Waals surface area contributed by atoms with Crippen molar-refractivity contribution in [2.75, 3.05) is 40.4 Å². The Labute approximate surface area is 211 Å². The number of hydrogen-bond donors (Lipinski definition) is 1. The second kappa shape index (κ2) is 11.3. The molecule has 0 bridgehead atoms. The fourth-order valence-corrected chi connectivity index (χ4v) is 4.71. The van der Waals surface area contributed by atoms with Crippen LogP contribution in [0, 0.1) is 18.3 Å². The van der Waals surface area contributed by atoms with E-state index < -0.39 is 0 Å². The molecule has 9 heteroatoms. The molecule has 1 aliphatic heterocycles. The fraction of sp³-hybridized carbons (Fsp3) is 0.407. The van der Waals surface area contributed by atoms with Gasteiger partial charge in [-0.25, -0.2) is 4.98 Å². The van der Waals surface area contributed by atoms with Crippen LogP contribution in [-0.4, -0.2) is 82.0 Å². The molecule has 1 amide bonds. The van der Waals surface area contributed by atoms with E-state index in [-0.39, 0.29) is 17.8 Å². The first-order chi connectivity index (χ1) is 17.4. The van der Waals surface area contributed by atoms with E-state index in [0.717, 1.165) is 43.5 Å². The first kappa shape index (κ1) is 25.4. The SMILES string of the molecule is COCCN(C(=O)c1ccc(-n2ncc(-c3ccc(C#N)cc3C)c2O)nc1)C1CCCN(C)CC1. The van der Waals surface area contributed by atoms with Crippen molar-refractivity contribution in [2.24, 2.45) is 0 Å². The number of aryl methyl sites for hydroxylation is 1. The van der Waals surface area contributed by atoms with Gasteiger partial charge >= 0.3 is 0 Å². The number of amides is 1. The van der Waals surface area contributed by atoms with Crippen LogP contribution in [0.2, 0.25) is 0 Å². The van der Waals surface area contributed by atoms with Crippen molar-refractivity contribution >= 4 is 5.91 Å². The molecule has 1 unspecified atom stereocenters. The first-order valence-electron chi connectivity index (χ1n) is 12.2. The van der Waals surface area contributed by atoms with E-state index in [1.54, 1.807) is 43.6 Å². The average Bonchev–Trinajstić information content (AvgIpc) is 3.13. The Bertz CT molecular complexity index is 1250. The molecular weight excluding hydrogens is 456 g/mol. The molecule has 3 heterocycles. The Hall–Kier alpha value is -3.74. The Balaban J connectivity index is 1.56. The lowest BCUT2D eigenvalue weighted by Crippen LogP contribution is -2.42. The van der Waals surface area contributed by atoms with Gasteiger partial charge in [0.2, 0.25) is 5.88 Å². The van der Waals surface area contributed by atoms with Gasteiger partial charge in [-0.3, -0.25) is 4.79 Å². The molecule has 1 aromatic carbocycles. The standard InChI is InChI=1S/C27H32N6O3/c1-19-15-20(16-28)6-8-23(19)24-18-30-33(27(24)35)25-9-7-21(17-29-25)26(34)32(13-14-36-3)22-5-4-11-31(2)12-10-22/h6-9,15,17-18,22,35H,4-5,10-14H2,1-3H3. The molecule has 0 spiro atoms. The first-order valence-corrected chi connectivity index (χ1v) is 12.2. The summed E-state index contributed by atoms with van der Waals surface area (Å²) in [5, 5.41) is 24.3. The van der Waals surface area contributed by atoms with Gasteiger partial charge in [0.05, 0.1) is 35.6 Å². The Morgan fingerprint density at radius 2 is 2.06 bits per heavy atom. The van der Waals surface area contributed by atoms with E-state index in [9.17, 15) is 9.90 Å². The molecule has 4 rings (SSSR count). The molecule has 1 saturated heterocycles. The van der Waals surface area contributed by atoms with Crippen molar-refractivity contribution in [3.05, 3.63) is 59.4 Å². The zero-order valence-corrected chi connectivity index (χ0v) is 21.0. The molecule has 0 radical (unpaired) electrons. The highest BCUT2D eigenvalue weighted by atomic mass is 16.5. The lowest BCUT2D eigenvalue weighted by Gasteiger charge is -2.31. The van der Waals surface area contributed by atoms with Gasteiger partial charge in [0, 0.05) is 25.9 Å². The number of methoxy groups -OCH3 is 1. The van der Waals surface area contributed by atoms with Gasteiger partial charge in [-0.05, 0) is 81.7 Å². The highest BCUT2D eigenvalue weighted by Gasteiger charge is 2.27. The summed E-state index contributed by atoms with van der Waals surface area (Å²) in [6.07, 6.45) is 6.04. The maximum absolute atomic E-state index is 13.5. The molecular formula is C27H32N6O3. The smallest absolute Gasteiger partial charge is 0.255 e. The van der Waals surface area contributed by atoms with Crippen molar-refractivity contribution in [1.82, 2.24) is 24.6 Å². The quantitative estimate of drug-likeness (QED) is 0.543. The molecule has 1 aliphatic rings. The minimum atomic E-state index is -0.0702. The summed E-state index contributed by atoms with van der Waals surface area (Å²) in [6, 6.07) is 11.0. The maximum atomic E-state index is 13.5. The van der Waals surface area contributed by atoms with Crippen LogP contribution in [-0.2, 0) is 4.74 Å². The Morgan fingerprint density at radius 3 is 2.75 bits per heavy atom. The largest absolute Gasteiger partial charge is 0.493 e. The number of nitriles is 1. The van der Waals surface area contributed by atoms with E-state index in [1.165, 1.54) is 10.9 Å². The molecule has 2 aromatic heterocycles. The van der Waals surface area contributed by atoms with E-state index >= 15 is 0 Å². The van der Waals surface area contributed by atoms with E-state index in [0.29, 0.717) is 35.7 Å². The summed E-state index contributed by atoms with van der Waals surface area (Å²) in [6.45, 7) is 4.88. The molecule has 1 N–H and O–H groups in total. The number of pyridine rings is 1. The molecule has 3 aromatic rings. The number of aromatic nitrogens is 3. The number of hydrogen-bond acceptors (Lipinski definition) is 7. The van der Waals surface area contributed by atoms with E-state index in [1.807, 2.05) is 11.8 Å². The summed E-state index contributed by atoms with van der Waals surface area (Å²) in [5.41, 5.74) is 3.23. The highest BCUT2D eigenvalue weighted by molar-refractivity contribution is 5.94. The number of nitrogens with zero attached hydrogens (tertiary/aromatic N) is 6. The number of aromatic hydroxyl groups is 1. The Kier molecular flexibility index (Phi) is 7.98. The lowest BCUT2D eigenvalue weighted by atomic mass is 10.0. The van der Waals surface area contributed by atoms with Crippen molar-refractivity contribution in [3.63, 3.8) is 0 Å². The zero-order valence-electron chi connectivity index (χ0n) is 21.0. The van der Waals surface area contributed by atoms with E-state index in [2.05, 4.69) is 28.1 Å². The van der Waals surface area contributed by atoms with Crippen molar-refractivity contribution in [2.45, 2.75) is 32.2 Å². The van der Waals surface area contributed by atoms with Crippen LogP contribution in [0.15, 0.2) is 42.7 Å². The number of likely N-dealkylation sites (tertiary alicyclic amines) is 1. The fourth-order valence-electron chi connectivity index (χ4n) is 4.71. The van der Waals surface area contributed by atoms with Crippen LogP contribution in [0.1, 0.15) is 40.7 Å². The number of rotatable bonds is 7. The topological polar surface area (TPSA) is 108 Å². The van der Waals surface area contributed by atoms with Gasteiger partial charge in [0.15, 0.2) is 5.82 Å². The van der Waals surface area contributed by atoms with Gasteiger partial charge in [0.1, 0.15) is 0 Å². The molecule has 1 fully saturated rings. The van der Waals surface area contributed by atoms with Crippen molar-refractivity contribution in [1.29, 1.82) is 5.26 Å². The molecule has 188 valence electrons. The number of carbonyl (C=O) groups excluding carboxylic acids is 1. The number of carbonyl (C=O) groups is 1. The zero-order chi connectivity index (χ0) is 25.7. The van der Waals surface area contributed by atoms with Crippen LogP contribution in [0.25, 0.3) is 16.9 Å². The van der Waals surface area contributed by atoms with Crippen LogP contribution in [0.4, 0.5) is 0 Å².